The second-order valence-corrected chi connectivity index (χ2v) is 15.2. The van der Waals surface area contributed by atoms with Gasteiger partial charge in [0.2, 0.25) is 0 Å². The van der Waals surface area contributed by atoms with E-state index in [1.54, 1.807) is 50.5 Å². The SMILES string of the molecule is CC(Nc1ccc(F)cc1)c1cc(C(=O)N(C)C)cc2c(=O)cc(N3CCOCC3)oc12.CC(Nc1ccc(F)cc1)c1cc(C(=O)O)cc2c(=O)cc(N3CCOCC3)oc12. The smallest absolute Gasteiger partial charge is 0.335 e. The van der Waals surface area contributed by atoms with E-state index in [4.69, 9.17) is 18.3 Å². The number of hydrogen-bond donors (Lipinski definition) is 3. The Kier molecular flexibility index (Phi) is 13.2. The number of aromatic carboxylic acids is 1. The first-order valence-corrected chi connectivity index (χ1v) is 20.1. The summed E-state index contributed by atoms with van der Waals surface area (Å²) < 4.78 is 49.6. The lowest BCUT2D eigenvalue weighted by molar-refractivity contribution is 0.0696. The van der Waals surface area contributed by atoms with Crippen LogP contribution in [0.25, 0.3) is 21.9 Å². The number of anilines is 4. The zero-order chi connectivity index (χ0) is 44.1. The van der Waals surface area contributed by atoms with Crippen molar-refractivity contribution in [1.29, 1.82) is 0 Å². The molecule has 3 N–H and O–H groups in total. The molecule has 4 aromatic carbocycles. The fraction of sp³-hybridized carbons (Fsp3) is 0.304. The normalized spacial score (nSPS) is 15.1. The number of carboxylic acid groups (broad SMARTS) is 1. The highest BCUT2D eigenvalue weighted by atomic mass is 19.1. The summed E-state index contributed by atoms with van der Waals surface area (Å²) in [5.41, 5.74) is 3.20. The van der Waals surface area contributed by atoms with Crippen LogP contribution in [0.5, 0.6) is 0 Å². The fourth-order valence-electron chi connectivity index (χ4n) is 7.32. The molecule has 2 saturated heterocycles. The number of morpholine rings is 2. The van der Waals surface area contributed by atoms with Crippen LogP contribution in [0.1, 0.15) is 57.8 Å². The van der Waals surface area contributed by atoms with Gasteiger partial charge in [0.25, 0.3) is 5.91 Å². The maximum atomic E-state index is 13.3. The maximum Gasteiger partial charge on any atom is 0.335 e. The Morgan fingerprint density at radius 3 is 1.40 bits per heavy atom. The topological polar surface area (TPSA) is 167 Å². The number of carboxylic acids is 1. The van der Waals surface area contributed by atoms with Gasteiger partial charge in [0.15, 0.2) is 22.6 Å². The van der Waals surface area contributed by atoms with E-state index in [0.717, 1.165) is 0 Å². The summed E-state index contributed by atoms with van der Waals surface area (Å²) >= 11 is 0. The molecule has 0 bridgehead atoms. The van der Waals surface area contributed by atoms with Crippen LogP contribution in [-0.4, -0.2) is 88.6 Å². The molecule has 2 aliphatic rings. The minimum atomic E-state index is -1.14. The van der Waals surface area contributed by atoms with E-state index in [9.17, 15) is 33.1 Å². The highest BCUT2D eigenvalue weighted by Gasteiger charge is 2.24. The van der Waals surface area contributed by atoms with Gasteiger partial charge in [-0.2, -0.15) is 0 Å². The number of halogens is 2. The molecule has 8 rings (SSSR count). The van der Waals surface area contributed by atoms with Gasteiger partial charge in [0, 0.05) is 80.5 Å². The molecule has 0 aliphatic carbocycles. The number of carbonyl (C=O) groups excluding carboxylic acids is 1. The summed E-state index contributed by atoms with van der Waals surface area (Å²) in [4.78, 5) is 55.6. The number of nitrogens with one attached hydrogen (secondary N) is 2. The van der Waals surface area contributed by atoms with Crippen molar-refractivity contribution < 1.29 is 41.8 Å². The zero-order valence-electron chi connectivity index (χ0n) is 34.7. The van der Waals surface area contributed by atoms with E-state index < -0.39 is 12.0 Å². The van der Waals surface area contributed by atoms with Crippen LogP contribution < -0.4 is 31.3 Å². The number of amides is 1. The second kappa shape index (κ2) is 18.9. The van der Waals surface area contributed by atoms with E-state index in [0.29, 0.717) is 109 Å². The molecule has 2 unspecified atom stereocenters. The predicted octanol–water partition coefficient (Wildman–Crippen LogP) is 7.28. The van der Waals surface area contributed by atoms with Gasteiger partial charge in [-0.3, -0.25) is 14.4 Å². The highest BCUT2D eigenvalue weighted by Crippen LogP contribution is 2.32. The first kappa shape index (κ1) is 43.3. The van der Waals surface area contributed by atoms with Crippen molar-refractivity contribution >= 4 is 57.0 Å². The lowest BCUT2D eigenvalue weighted by Gasteiger charge is -2.27. The molecule has 1 amide bonds. The monoisotopic (exact) mass is 851 g/mol. The van der Waals surface area contributed by atoms with E-state index >= 15 is 0 Å². The lowest BCUT2D eigenvalue weighted by atomic mass is 10.00. The molecule has 2 atom stereocenters. The molecule has 0 radical (unpaired) electrons. The van der Waals surface area contributed by atoms with Crippen molar-refractivity contribution in [3.8, 4) is 0 Å². The predicted molar refractivity (Wildman–Crippen MR) is 233 cm³/mol. The quantitative estimate of drug-likeness (QED) is 0.126. The second-order valence-electron chi connectivity index (χ2n) is 15.2. The van der Waals surface area contributed by atoms with Crippen molar-refractivity contribution in [2.75, 3.05) is 87.1 Å². The Morgan fingerprint density at radius 2 is 1.02 bits per heavy atom. The van der Waals surface area contributed by atoms with Gasteiger partial charge in [-0.1, -0.05) is 0 Å². The van der Waals surface area contributed by atoms with E-state index in [2.05, 4.69) is 10.6 Å². The molecule has 2 fully saturated rings. The first-order valence-electron chi connectivity index (χ1n) is 20.1. The minimum absolute atomic E-state index is 0.00308. The van der Waals surface area contributed by atoms with Crippen LogP contribution in [0, 0.1) is 11.6 Å². The summed E-state index contributed by atoms with van der Waals surface area (Å²) in [7, 11) is 3.33. The molecule has 2 aromatic heterocycles. The summed E-state index contributed by atoms with van der Waals surface area (Å²) in [6, 6.07) is 20.2. The van der Waals surface area contributed by atoms with E-state index in [1.165, 1.54) is 53.4 Å². The van der Waals surface area contributed by atoms with Crippen molar-refractivity contribution in [1.82, 2.24) is 4.90 Å². The van der Waals surface area contributed by atoms with Gasteiger partial charge in [0.05, 0.1) is 54.8 Å². The van der Waals surface area contributed by atoms with E-state index in [1.807, 2.05) is 23.6 Å². The summed E-state index contributed by atoms with van der Waals surface area (Å²) in [6.45, 7) is 8.38. The van der Waals surface area contributed by atoms with Crippen LogP contribution in [0.3, 0.4) is 0 Å². The van der Waals surface area contributed by atoms with Crippen molar-refractivity contribution in [2.45, 2.75) is 25.9 Å². The Labute approximate surface area is 355 Å². The number of carbonyl (C=O) groups is 2. The summed E-state index contributed by atoms with van der Waals surface area (Å²) in [5.74, 6) is -1.12. The standard InChI is InChI=1S/C24H26FN3O4.C22H21FN2O5/c1-15(26-18-6-4-17(25)5-7-18)19-12-16(24(30)27(2)3)13-20-21(29)14-22(32-23(19)20)28-8-10-31-11-9-28;1-13(24-16-4-2-15(23)3-5-16)17-10-14(22(27)28)11-18-19(26)12-20(30-21(17)18)25-6-8-29-9-7-25/h4-7,12-15,26H,8-11H2,1-3H3;2-5,10-13,24H,6-9H2,1H3,(H,27,28). The lowest BCUT2D eigenvalue weighted by Crippen LogP contribution is -2.36. The van der Waals surface area contributed by atoms with Crippen LogP contribution in [0.2, 0.25) is 0 Å². The number of fused-ring (bicyclic) bond motifs is 2. The van der Waals surface area contributed by atoms with Crippen LogP contribution in [0.15, 0.2) is 103 Å². The average Bonchev–Trinajstić information content (AvgIpc) is 3.27. The zero-order valence-corrected chi connectivity index (χ0v) is 34.7. The minimum Gasteiger partial charge on any atom is -0.478 e. The molecule has 14 nitrogen and oxygen atoms in total. The third kappa shape index (κ3) is 9.88. The van der Waals surface area contributed by atoms with Crippen LogP contribution >= 0.6 is 0 Å². The largest absolute Gasteiger partial charge is 0.478 e. The molecular formula is C46H47F2N5O9. The number of ether oxygens (including phenoxy) is 2. The van der Waals surface area contributed by atoms with Gasteiger partial charge in [0.1, 0.15) is 22.8 Å². The summed E-state index contributed by atoms with van der Waals surface area (Å²) in [6.07, 6.45) is 0. The fourth-order valence-corrected chi connectivity index (χ4v) is 7.32. The molecule has 324 valence electrons. The van der Waals surface area contributed by atoms with Crippen molar-refractivity contribution in [3.05, 3.63) is 139 Å². The molecule has 16 heteroatoms. The van der Waals surface area contributed by atoms with Gasteiger partial charge < -0.3 is 48.7 Å². The van der Waals surface area contributed by atoms with E-state index in [-0.39, 0.29) is 45.4 Å². The molecule has 62 heavy (non-hydrogen) atoms. The van der Waals surface area contributed by atoms with Gasteiger partial charge >= 0.3 is 5.97 Å². The molecule has 4 heterocycles. The number of rotatable bonds is 10. The Hall–Kier alpha value is -6.78. The number of nitrogens with zero attached hydrogens (tertiary/aromatic N) is 3. The van der Waals surface area contributed by atoms with Gasteiger partial charge in [-0.25, -0.2) is 13.6 Å². The van der Waals surface area contributed by atoms with Crippen LogP contribution in [-0.2, 0) is 9.47 Å². The van der Waals surface area contributed by atoms with Gasteiger partial charge in [-0.15, -0.1) is 0 Å². The van der Waals surface area contributed by atoms with Crippen molar-refractivity contribution in [3.63, 3.8) is 0 Å². The number of benzene rings is 4. The van der Waals surface area contributed by atoms with Gasteiger partial charge in [-0.05, 0) is 86.6 Å². The first-order chi connectivity index (χ1) is 29.7. The average molecular weight is 852 g/mol. The highest BCUT2D eigenvalue weighted by molar-refractivity contribution is 5.99. The molecule has 2 aliphatic heterocycles. The molecule has 6 aromatic rings. The third-order valence-corrected chi connectivity index (χ3v) is 10.6. The molecule has 0 spiro atoms. The summed E-state index contributed by atoms with van der Waals surface area (Å²) in [5, 5.41) is 16.6. The Balaban J connectivity index is 0.000000187. The molecular weight excluding hydrogens is 805 g/mol. The maximum absolute atomic E-state index is 13.3. The van der Waals surface area contributed by atoms with Crippen molar-refractivity contribution in [2.24, 2.45) is 0 Å². The number of hydrogen-bond acceptors (Lipinski definition) is 12. The Bertz CT molecular complexity index is 2690. The molecule has 0 saturated carbocycles. The Morgan fingerprint density at radius 1 is 0.629 bits per heavy atom. The van der Waals surface area contributed by atoms with Crippen LogP contribution in [0.4, 0.5) is 31.9 Å². The third-order valence-electron chi connectivity index (χ3n) is 10.6.